The molecule has 2 aromatic carbocycles. The van der Waals surface area contributed by atoms with Crippen molar-refractivity contribution in [1.82, 2.24) is 20.6 Å². The number of rotatable bonds is 7. The molecule has 0 aliphatic carbocycles. The molecule has 6 N–H and O–H groups in total. The van der Waals surface area contributed by atoms with Gasteiger partial charge in [-0.15, -0.1) is 0 Å². The van der Waals surface area contributed by atoms with Crippen LogP contribution >= 0.6 is 0 Å². The molecule has 0 unspecified atom stereocenters. The van der Waals surface area contributed by atoms with Crippen molar-refractivity contribution in [1.29, 1.82) is 5.26 Å². The van der Waals surface area contributed by atoms with Crippen LogP contribution in [0.3, 0.4) is 0 Å². The van der Waals surface area contributed by atoms with Crippen molar-refractivity contribution in [2.45, 2.75) is 11.8 Å². The Morgan fingerprint density at radius 2 is 1.44 bits per heavy atom. The van der Waals surface area contributed by atoms with Crippen LogP contribution in [-0.2, 0) is 11.8 Å². The summed E-state index contributed by atoms with van der Waals surface area (Å²) in [5.74, 6) is -7.41. The molecule has 0 aliphatic rings. The molecule has 0 bridgehead atoms. The molecule has 174 valence electrons. The predicted molar refractivity (Wildman–Crippen MR) is 113 cm³/mol. The SMILES string of the molecule is COc1cccc(C(O)(O)NC(=O)c2cc(C(=O)NC(O)(O)c3ccc(C#N)cc3)ncn2)c1. The first-order valence-electron chi connectivity index (χ1n) is 9.57. The number of benzene rings is 2. The van der Waals surface area contributed by atoms with Crippen molar-refractivity contribution in [3.63, 3.8) is 0 Å². The van der Waals surface area contributed by atoms with Gasteiger partial charge in [0.15, 0.2) is 0 Å². The molecule has 0 fully saturated rings. The molecular weight excluding hydrogens is 446 g/mol. The molecule has 0 spiro atoms. The predicted octanol–water partition coefficient (Wildman–Crippen LogP) is -0.593. The Morgan fingerprint density at radius 3 is 1.97 bits per heavy atom. The monoisotopic (exact) mass is 465 g/mol. The van der Waals surface area contributed by atoms with Crippen molar-refractivity contribution in [2.24, 2.45) is 0 Å². The molecule has 3 rings (SSSR count). The molecule has 0 radical (unpaired) electrons. The summed E-state index contributed by atoms with van der Waals surface area (Å²) < 4.78 is 5.01. The Labute approximate surface area is 192 Å². The van der Waals surface area contributed by atoms with E-state index in [2.05, 4.69) is 9.97 Å². The van der Waals surface area contributed by atoms with E-state index in [1.54, 1.807) is 6.07 Å². The van der Waals surface area contributed by atoms with Crippen molar-refractivity contribution in [3.8, 4) is 11.8 Å². The highest BCUT2D eigenvalue weighted by molar-refractivity contribution is 5.97. The van der Waals surface area contributed by atoms with Crippen molar-refractivity contribution in [2.75, 3.05) is 7.11 Å². The lowest BCUT2D eigenvalue weighted by Gasteiger charge is -2.24. The number of hydrogen-bond donors (Lipinski definition) is 6. The van der Waals surface area contributed by atoms with Gasteiger partial charge in [-0.05, 0) is 24.3 Å². The molecule has 0 atom stereocenters. The Balaban J connectivity index is 1.76. The minimum atomic E-state index is -2.81. The standard InChI is InChI=1S/C22H19N5O7/c1-34-16-4-2-3-15(9-16)22(32,33)27-20(29)18-10-17(24-12-25-18)19(28)26-21(30,31)14-7-5-13(11-23)6-8-14/h2-10,12,30-33H,1H3,(H,26,28)(H,27,29). The number of carbonyl (C=O) groups excluding carboxylic acids is 2. The second-order valence-corrected chi connectivity index (χ2v) is 6.96. The third-order valence-corrected chi connectivity index (χ3v) is 4.60. The van der Waals surface area contributed by atoms with Crippen LogP contribution < -0.4 is 15.4 Å². The number of aromatic nitrogens is 2. The Morgan fingerprint density at radius 1 is 0.882 bits per heavy atom. The van der Waals surface area contributed by atoms with Crippen LogP contribution in [0.4, 0.5) is 0 Å². The van der Waals surface area contributed by atoms with Gasteiger partial charge in [0.2, 0.25) is 0 Å². The van der Waals surface area contributed by atoms with Crippen LogP contribution in [0.5, 0.6) is 5.75 Å². The van der Waals surface area contributed by atoms with Gasteiger partial charge in [0.05, 0.1) is 18.7 Å². The Hall–Kier alpha value is -4.41. The highest BCUT2D eigenvalue weighted by Crippen LogP contribution is 2.21. The summed E-state index contributed by atoms with van der Waals surface area (Å²) in [7, 11) is 1.39. The summed E-state index contributed by atoms with van der Waals surface area (Å²) in [5.41, 5.74) is -0.773. The van der Waals surface area contributed by atoms with E-state index >= 15 is 0 Å². The van der Waals surface area contributed by atoms with E-state index in [4.69, 9.17) is 10.00 Å². The van der Waals surface area contributed by atoms with E-state index in [9.17, 15) is 30.0 Å². The van der Waals surface area contributed by atoms with E-state index < -0.39 is 35.0 Å². The quantitative estimate of drug-likeness (QED) is 0.245. The lowest BCUT2D eigenvalue weighted by molar-refractivity contribution is -0.186. The molecule has 0 saturated heterocycles. The van der Waals surface area contributed by atoms with Gasteiger partial charge in [0.1, 0.15) is 23.5 Å². The van der Waals surface area contributed by atoms with E-state index in [1.165, 1.54) is 49.6 Å². The molecule has 2 amide bonds. The fourth-order valence-electron chi connectivity index (χ4n) is 2.81. The lowest BCUT2D eigenvalue weighted by atomic mass is 10.1. The second-order valence-electron chi connectivity index (χ2n) is 6.96. The van der Waals surface area contributed by atoms with E-state index in [0.29, 0.717) is 5.75 Å². The highest BCUT2D eigenvalue weighted by Gasteiger charge is 2.32. The highest BCUT2D eigenvalue weighted by atomic mass is 16.5. The zero-order valence-corrected chi connectivity index (χ0v) is 17.6. The molecule has 34 heavy (non-hydrogen) atoms. The number of nitriles is 1. The minimum Gasteiger partial charge on any atom is -0.497 e. The van der Waals surface area contributed by atoms with Gasteiger partial charge < -0.3 is 25.2 Å². The van der Waals surface area contributed by atoms with Crippen molar-refractivity contribution in [3.05, 3.63) is 89.0 Å². The summed E-state index contributed by atoms with van der Waals surface area (Å²) >= 11 is 0. The van der Waals surface area contributed by atoms with Gasteiger partial charge in [-0.2, -0.15) is 5.26 Å². The average Bonchev–Trinajstić information content (AvgIpc) is 2.83. The summed E-state index contributed by atoms with van der Waals surface area (Å²) in [6, 6.07) is 13.6. The van der Waals surface area contributed by atoms with Crippen molar-refractivity contribution < 1.29 is 34.8 Å². The lowest BCUT2D eigenvalue weighted by Crippen LogP contribution is -2.47. The fourth-order valence-corrected chi connectivity index (χ4v) is 2.81. The minimum absolute atomic E-state index is 0.0972. The third kappa shape index (κ3) is 5.49. The molecule has 0 saturated carbocycles. The van der Waals surface area contributed by atoms with Crippen LogP contribution in [0.15, 0.2) is 60.9 Å². The van der Waals surface area contributed by atoms with Crippen LogP contribution in [0, 0.1) is 11.3 Å². The number of carbonyl (C=O) groups is 2. The van der Waals surface area contributed by atoms with Crippen LogP contribution in [0.1, 0.15) is 37.7 Å². The maximum Gasteiger partial charge on any atom is 0.275 e. The van der Waals surface area contributed by atoms with E-state index in [1.807, 2.05) is 16.7 Å². The topological polar surface area (TPSA) is 198 Å². The number of hydrogen-bond acceptors (Lipinski definition) is 10. The fraction of sp³-hybridized carbons (Fsp3) is 0.136. The zero-order chi connectivity index (χ0) is 24.9. The first kappa shape index (κ1) is 24.2. The number of amides is 2. The first-order valence-corrected chi connectivity index (χ1v) is 9.57. The summed E-state index contributed by atoms with van der Waals surface area (Å²) in [6.45, 7) is 0. The number of aliphatic hydroxyl groups is 4. The zero-order valence-electron chi connectivity index (χ0n) is 17.6. The van der Waals surface area contributed by atoms with Gasteiger partial charge in [-0.1, -0.05) is 24.3 Å². The molecule has 1 heterocycles. The molecule has 0 aliphatic heterocycles. The normalized spacial score (nSPS) is 11.3. The maximum absolute atomic E-state index is 12.5. The summed E-state index contributed by atoms with van der Waals surface area (Å²) in [4.78, 5) is 32.4. The second kappa shape index (κ2) is 9.61. The third-order valence-electron chi connectivity index (χ3n) is 4.60. The van der Waals surface area contributed by atoms with E-state index in [-0.39, 0.29) is 16.7 Å². The molecule has 1 aromatic heterocycles. The average molecular weight is 465 g/mol. The Bertz CT molecular complexity index is 1250. The van der Waals surface area contributed by atoms with Gasteiger partial charge in [0.25, 0.3) is 23.6 Å². The largest absolute Gasteiger partial charge is 0.497 e. The molecular formula is C22H19N5O7. The van der Waals surface area contributed by atoms with Crippen molar-refractivity contribution >= 4 is 11.8 Å². The smallest absolute Gasteiger partial charge is 0.275 e. The molecule has 12 nitrogen and oxygen atoms in total. The Kier molecular flexibility index (Phi) is 6.85. The van der Waals surface area contributed by atoms with Gasteiger partial charge in [-0.25, -0.2) is 9.97 Å². The maximum atomic E-state index is 12.5. The van der Waals surface area contributed by atoms with Crippen LogP contribution in [-0.4, -0.2) is 49.3 Å². The molecule has 3 aromatic rings. The number of nitrogens with zero attached hydrogens (tertiary/aromatic N) is 3. The number of methoxy groups -OCH3 is 1. The molecule has 12 heteroatoms. The van der Waals surface area contributed by atoms with E-state index in [0.717, 1.165) is 12.4 Å². The van der Waals surface area contributed by atoms with Gasteiger partial charge in [-0.3, -0.25) is 20.2 Å². The first-order chi connectivity index (χ1) is 16.1. The summed E-state index contributed by atoms with van der Waals surface area (Å²) in [5, 5.41) is 53.7. The summed E-state index contributed by atoms with van der Waals surface area (Å²) in [6.07, 6.45) is 0.865. The van der Waals surface area contributed by atoms with Gasteiger partial charge >= 0.3 is 0 Å². The number of nitrogens with one attached hydrogen (secondary N) is 2. The number of ether oxygens (including phenoxy) is 1. The van der Waals surface area contributed by atoms with Crippen LogP contribution in [0.2, 0.25) is 0 Å². The van der Waals surface area contributed by atoms with Gasteiger partial charge in [0, 0.05) is 17.2 Å². The van der Waals surface area contributed by atoms with Crippen LogP contribution in [0.25, 0.3) is 0 Å².